The van der Waals surface area contributed by atoms with Crippen LogP contribution in [0.15, 0.2) is 18.2 Å². The Labute approximate surface area is 105 Å². The van der Waals surface area contributed by atoms with Crippen molar-refractivity contribution in [3.05, 3.63) is 29.6 Å². The van der Waals surface area contributed by atoms with Crippen molar-refractivity contribution in [1.29, 1.82) is 0 Å². The number of likely N-dealkylation sites (tertiary alicyclic amines) is 1. The molecular weight excluding hydrogens is 229 g/mol. The van der Waals surface area contributed by atoms with Crippen LogP contribution in [0.2, 0.25) is 19.6 Å². The predicted molar refractivity (Wildman–Crippen MR) is 73.8 cm³/mol. The molecule has 1 fully saturated rings. The molecule has 0 atom stereocenters. The van der Waals surface area contributed by atoms with Crippen molar-refractivity contribution >= 4 is 13.3 Å². The Hall–Kier alpha value is -0.673. The predicted octanol–water partition coefficient (Wildman–Crippen LogP) is 2.82. The molecule has 2 rings (SSSR count). The van der Waals surface area contributed by atoms with E-state index in [9.17, 15) is 4.39 Å². The summed E-state index contributed by atoms with van der Waals surface area (Å²) in [5, 5.41) is 0.943. The lowest BCUT2D eigenvalue weighted by Gasteiger charge is -2.37. The third-order valence-electron chi connectivity index (χ3n) is 3.39. The van der Waals surface area contributed by atoms with Crippen molar-refractivity contribution < 1.29 is 4.39 Å². The number of rotatable bonds is 3. The zero-order valence-electron chi connectivity index (χ0n) is 11.3. The molecule has 0 aliphatic carbocycles. The summed E-state index contributed by atoms with van der Waals surface area (Å²) in [6.45, 7) is 12.0. The highest BCUT2D eigenvalue weighted by Gasteiger charge is 2.24. The summed E-state index contributed by atoms with van der Waals surface area (Å²) in [5.74, 6) is 0.802. The minimum Gasteiger partial charge on any atom is -0.298 e. The Bertz CT molecular complexity index is 405. The van der Waals surface area contributed by atoms with Gasteiger partial charge in [0, 0.05) is 19.6 Å². The van der Waals surface area contributed by atoms with Crippen molar-refractivity contribution in [1.82, 2.24) is 4.90 Å². The van der Waals surface area contributed by atoms with Gasteiger partial charge in [-0.05, 0) is 22.7 Å². The van der Waals surface area contributed by atoms with Crippen LogP contribution in [0.5, 0.6) is 0 Å². The monoisotopic (exact) mass is 251 g/mol. The minimum atomic E-state index is -1.53. The SMILES string of the molecule is CC1CN(Cc2ccc([Si](C)(C)C)c(F)c2)C1. The molecule has 0 unspecified atom stereocenters. The van der Waals surface area contributed by atoms with E-state index in [4.69, 9.17) is 0 Å². The Balaban J connectivity index is 2.09. The largest absolute Gasteiger partial charge is 0.298 e. The lowest BCUT2D eigenvalue weighted by molar-refractivity contribution is 0.105. The van der Waals surface area contributed by atoms with Crippen LogP contribution < -0.4 is 5.19 Å². The van der Waals surface area contributed by atoms with Crippen LogP contribution in [0.3, 0.4) is 0 Å². The van der Waals surface area contributed by atoms with Crippen LogP contribution in [0.4, 0.5) is 4.39 Å². The van der Waals surface area contributed by atoms with Gasteiger partial charge in [-0.2, -0.15) is 0 Å². The smallest absolute Gasteiger partial charge is 0.122 e. The van der Waals surface area contributed by atoms with Gasteiger partial charge in [-0.1, -0.05) is 38.7 Å². The van der Waals surface area contributed by atoms with Crippen LogP contribution in [0.1, 0.15) is 12.5 Å². The van der Waals surface area contributed by atoms with Crippen LogP contribution >= 0.6 is 0 Å². The van der Waals surface area contributed by atoms with Gasteiger partial charge in [-0.3, -0.25) is 4.90 Å². The first-order valence-electron chi connectivity index (χ1n) is 6.37. The second kappa shape index (κ2) is 4.54. The van der Waals surface area contributed by atoms with Crippen molar-refractivity contribution in [3.63, 3.8) is 0 Å². The molecule has 0 radical (unpaired) electrons. The fraction of sp³-hybridized carbons (Fsp3) is 0.571. The molecule has 0 N–H and O–H groups in total. The van der Waals surface area contributed by atoms with Crippen molar-refractivity contribution in [3.8, 4) is 0 Å². The molecule has 94 valence electrons. The second-order valence-corrected chi connectivity index (χ2v) is 11.4. The van der Waals surface area contributed by atoms with E-state index in [2.05, 4.69) is 37.5 Å². The first kappa shape index (κ1) is 12.8. The number of halogens is 1. The Kier molecular flexibility index (Phi) is 3.41. The molecule has 1 nitrogen and oxygen atoms in total. The molecule has 1 heterocycles. The third-order valence-corrected chi connectivity index (χ3v) is 5.41. The molecule has 3 heteroatoms. The van der Waals surface area contributed by atoms with Crippen molar-refractivity contribution in [2.75, 3.05) is 13.1 Å². The molecule has 1 aliphatic rings. The third kappa shape index (κ3) is 2.96. The number of hydrogen-bond acceptors (Lipinski definition) is 1. The van der Waals surface area contributed by atoms with Gasteiger partial charge in [0.1, 0.15) is 5.82 Å². The van der Waals surface area contributed by atoms with Gasteiger partial charge < -0.3 is 0 Å². The molecule has 0 spiro atoms. The van der Waals surface area contributed by atoms with Crippen LogP contribution in [0, 0.1) is 11.7 Å². The number of hydrogen-bond donors (Lipinski definition) is 0. The quantitative estimate of drug-likeness (QED) is 0.747. The van der Waals surface area contributed by atoms with E-state index in [-0.39, 0.29) is 5.82 Å². The second-order valence-electron chi connectivity index (χ2n) is 6.36. The molecule has 1 saturated heterocycles. The summed E-state index contributed by atoms with van der Waals surface area (Å²) in [4.78, 5) is 2.37. The molecule has 1 aromatic rings. The zero-order chi connectivity index (χ0) is 12.6. The summed E-state index contributed by atoms with van der Waals surface area (Å²) in [7, 11) is -1.53. The van der Waals surface area contributed by atoms with E-state index in [1.54, 1.807) is 6.07 Å². The average molecular weight is 251 g/mol. The standard InChI is InChI=1S/C14H22FNSi/c1-11-8-16(9-11)10-12-5-6-14(13(15)7-12)17(2,3)4/h5-7,11H,8-10H2,1-4H3. The molecule has 1 aromatic carbocycles. The van der Waals surface area contributed by atoms with E-state index >= 15 is 0 Å². The average Bonchev–Trinajstić information content (AvgIpc) is 2.13. The van der Waals surface area contributed by atoms with Gasteiger partial charge >= 0.3 is 0 Å². The summed E-state index contributed by atoms with van der Waals surface area (Å²) in [5.41, 5.74) is 1.11. The molecule has 0 aromatic heterocycles. The Morgan fingerprint density at radius 2 is 1.94 bits per heavy atom. The summed E-state index contributed by atoms with van der Waals surface area (Å²) < 4.78 is 14.0. The van der Waals surface area contributed by atoms with Gasteiger partial charge in [0.25, 0.3) is 0 Å². The van der Waals surface area contributed by atoms with Crippen LogP contribution in [0.25, 0.3) is 0 Å². The van der Waals surface area contributed by atoms with Crippen molar-refractivity contribution in [2.45, 2.75) is 33.1 Å². The molecular formula is C14H22FNSi. The lowest BCUT2D eigenvalue weighted by Crippen LogP contribution is -2.44. The summed E-state index contributed by atoms with van der Waals surface area (Å²) in [6, 6.07) is 5.83. The Morgan fingerprint density at radius 3 is 2.41 bits per heavy atom. The number of benzene rings is 1. The maximum Gasteiger partial charge on any atom is 0.122 e. The van der Waals surface area contributed by atoms with Gasteiger partial charge in [-0.25, -0.2) is 4.39 Å². The Morgan fingerprint density at radius 1 is 1.29 bits per heavy atom. The van der Waals surface area contributed by atoms with E-state index in [1.807, 2.05) is 6.07 Å². The highest BCUT2D eigenvalue weighted by atomic mass is 28.3. The fourth-order valence-corrected chi connectivity index (χ4v) is 3.85. The molecule has 17 heavy (non-hydrogen) atoms. The van der Waals surface area contributed by atoms with E-state index < -0.39 is 8.07 Å². The van der Waals surface area contributed by atoms with Gasteiger partial charge in [-0.15, -0.1) is 0 Å². The minimum absolute atomic E-state index is 0.00441. The zero-order valence-corrected chi connectivity index (χ0v) is 12.3. The summed E-state index contributed by atoms with van der Waals surface area (Å²) >= 11 is 0. The molecule has 0 saturated carbocycles. The van der Waals surface area contributed by atoms with Crippen LogP contribution in [-0.4, -0.2) is 26.1 Å². The van der Waals surface area contributed by atoms with Gasteiger partial charge in [0.05, 0.1) is 8.07 Å². The lowest BCUT2D eigenvalue weighted by atomic mass is 10.0. The molecule has 1 aliphatic heterocycles. The normalized spacial score (nSPS) is 18.2. The van der Waals surface area contributed by atoms with E-state index in [0.717, 1.165) is 36.3 Å². The maximum atomic E-state index is 14.0. The van der Waals surface area contributed by atoms with Crippen LogP contribution in [-0.2, 0) is 6.54 Å². The van der Waals surface area contributed by atoms with Gasteiger partial charge in [0.2, 0.25) is 0 Å². The summed E-state index contributed by atoms with van der Waals surface area (Å²) in [6.07, 6.45) is 0. The van der Waals surface area contributed by atoms with Gasteiger partial charge in [0.15, 0.2) is 0 Å². The highest BCUT2D eigenvalue weighted by Crippen LogP contribution is 2.18. The van der Waals surface area contributed by atoms with E-state index in [0.29, 0.717) is 0 Å². The van der Waals surface area contributed by atoms with Crippen molar-refractivity contribution in [2.24, 2.45) is 5.92 Å². The first-order valence-corrected chi connectivity index (χ1v) is 9.87. The fourth-order valence-electron chi connectivity index (χ4n) is 2.48. The first-order chi connectivity index (χ1) is 7.86. The topological polar surface area (TPSA) is 3.24 Å². The van der Waals surface area contributed by atoms with E-state index in [1.165, 1.54) is 0 Å². The molecule has 0 bridgehead atoms. The number of nitrogens with zero attached hydrogens (tertiary/aromatic N) is 1. The highest BCUT2D eigenvalue weighted by molar-refractivity contribution is 6.88. The maximum absolute atomic E-state index is 14.0. The molecule has 0 amide bonds.